The molecule has 5 nitrogen and oxygen atoms in total. The molecule has 5 heteroatoms. The van der Waals surface area contributed by atoms with Crippen LogP contribution in [0.15, 0.2) is 52.1 Å². The molecular formula is C25H27N3O2. The van der Waals surface area contributed by atoms with Crippen molar-refractivity contribution in [3.8, 4) is 23.3 Å². The maximum atomic E-state index is 9.49. The standard InChI is InChI=1S/C25H27N3O2/c1-15(2)29-22-10-9-17(11-18(22)14-26)24-27-23(28-30-24)20-8-6-7-16-12-19(13-21(16)20)25(3,4)5/h6,8-12,15,19H,7,13H2,1-5H3/t19-/m1/s1. The van der Waals surface area contributed by atoms with Crippen LogP contribution >= 0.6 is 0 Å². The number of hydrogen-bond donors (Lipinski definition) is 0. The summed E-state index contributed by atoms with van der Waals surface area (Å²) in [5.41, 5.74) is 5.12. The van der Waals surface area contributed by atoms with E-state index < -0.39 is 0 Å². The van der Waals surface area contributed by atoms with E-state index in [4.69, 9.17) is 9.26 Å². The van der Waals surface area contributed by atoms with E-state index in [1.807, 2.05) is 19.9 Å². The van der Waals surface area contributed by atoms with E-state index >= 15 is 0 Å². The molecule has 0 saturated carbocycles. The van der Waals surface area contributed by atoms with Crippen molar-refractivity contribution in [3.63, 3.8) is 0 Å². The van der Waals surface area contributed by atoms with Crippen LogP contribution in [0.4, 0.5) is 0 Å². The predicted molar refractivity (Wildman–Crippen MR) is 117 cm³/mol. The van der Waals surface area contributed by atoms with Gasteiger partial charge in [-0.25, -0.2) is 0 Å². The minimum Gasteiger partial charge on any atom is -0.490 e. The van der Waals surface area contributed by atoms with Crippen LogP contribution in [0.25, 0.3) is 17.0 Å². The molecule has 0 unspecified atom stereocenters. The maximum Gasteiger partial charge on any atom is 0.258 e. The quantitative estimate of drug-likeness (QED) is 0.619. The summed E-state index contributed by atoms with van der Waals surface area (Å²) in [6, 6.07) is 7.56. The second-order valence-electron chi connectivity index (χ2n) is 9.28. The molecule has 0 spiro atoms. The zero-order chi connectivity index (χ0) is 21.5. The largest absolute Gasteiger partial charge is 0.490 e. The predicted octanol–water partition coefficient (Wildman–Crippen LogP) is 6.10. The van der Waals surface area contributed by atoms with Crippen LogP contribution in [-0.4, -0.2) is 16.2 Å². The summed E-state index contributed by atoms with van der Waals surface area (Å²) in [5.74, 6) is 2.07. The molecular weight excluding hydrogens is 374 g/mol. The topological polar surface area (TPSA) is 71.9 Å². The second kappa shape index (κ2) is 7.60. The van der Waals surface area contributed by atoms with Crippen molar-refractivity contribution in [2.75, 3.05) is 0 Å². The molecule has 2 aliphatic rings. The van der Waals surface area contributed by atoms with E-state index in [9.17, 15) is 5.26 Å². The van der Waals surface area contributed by atoms with Gasteiger partial charge in [0.05, 0.1) is 11.7 Å². The fraction of sp³-hybridized carbons (Fsp3) is 0.400. The Balaban J connectivity index is 1.66. The second-order valence-corrected chi connectivity index (χ2v) is 9.28. The molecule has 1 aromatic carbocycles. The minimum atomic E-state index is -0.00458. The summed E-state index contributed by atoms with van der Waals surface area (Å²) in [6.45, 7) is 10.7. The number of hydrogen-bond acceptors (Lipinski definition) is 5. The number of nitrogens with zero attached hydrogens (tertiary/aromatic N) is 3. The van der Waals surface area contributed by atoms with Crippen LogP contribution in [-0.2, 0) is 0 Å². The van der Waals surface area contributed by atoms with E-state index in [1.165, 1.54) is 11.1 Å². The fourth-order valence-electron chi connectivity index (χ4n) is 3.95. The van der Waals surface area contributed by atoms with E-state index in [-0.39, 0.29) is 11.5 Å². The Bertz CT molecular complexity index is 1100. The Morgan fingerprint density at radius 2 is 2.07 bits per heavy atom. The summed E-state index contributed by atoms with van der Waals surface area (Å²) >= 11 is 0. The average molecular weight is 402 g/mol. The molecule has 154 valence electrons. The van der Waals surface area contributed by atoms with Crippen LogP contribution < -0.4 is 4.74 Å². The monoisotopic (exact) mass is 401 g/mol. The molecule has 4 rings (SSSR count). The first-order valence-corrected chi connectivity index (χ1v) is 10.4. The fourth-order valence-corrected chi connectivity index (χ4v) is 3.95. The van der Waals surface area contributed by atoms with E-state index in [0.29, 0.717) is 34.5 Å². The number of ether oxygens (including phenoxy) is 1. The van der Waals surface area contributed by atoms with Gasteiger partial charge in [0.25, 0.3) is 5.89 Å². The molecule has 2 aromatic rings. The van der Waals surface area contributed by atoms with Crippen molar-refractivity contribution in [3.05, 3.63) is 59.0 Å². The molecule has 0 aliphatic heterocycles. The molecule has 1 atom stereocenters. The lowest BCUT2D eigenvalue weighted by Gasteiger charge is -2.25. The van der Waals surface area contributed by atoms with Crippen LogP contribution in [0.5, 0.6) is 5.75 Å². The summed E-state index contributed by atoms with van der Waals surface area (Å²) in [4.78, 5) is 4.65. The van der Waals surface area contributed by atoms with Crippen molar-refractivity contribution in [1.82, 2.24) is 10.1 Å². The highest BCUT2D eigenvalue weighted by Gasteiger charge is 2.33. The first-order chi connectivity index (χ1) is 14.3. The van der Waals surface area contributed by atoms with Crippen LogP contribution in [0.3, 0.4) is 0 Å². The lowest BCUT2D eigenvalue weighted by Crippen LogP contribution is -2.16. The zero-order valence-electron chi connectivity index (χ0n) is 18.2. The van der Waals surface area contributed by atoms with Gasteiger partial charge in [0.1, 0.15) is 11.8 Å². The number of rotatable bonds is 4. The van der Waals surface area contributed by atoms with Gasteiger partial charge in [-0.2, -0.15) is 10.2 Å². The van der Waals surface area contributed by atoms with Gasteiger partial charge in [-0.15, -0.1) is 0 Å². The third-order valence-corrected chi connectivity index (χ3v) is 5.65. The zero-order valence-corrected chi connectivity index (χ0v) is 18.2. The van der Waals surface area contributed by atoms with Crippen molar-refractivity contribution >= 4 is 5.57 Å². The summed E-state index contributed by atoms with van der Waals surface area (Å²) in [5, 5.41) is 13.7. The van der Waals surface area contributed by atoms with Crippen molar-refractivity contribution < 1.29 is 9.26 Å². The lowest BCUT2D eigenvalue weighted by molar-refractivity contribution is 0.241. The summed E-state index contributed by atoms with van der Waals surface area (Å²) < 4.78 is 11.3. The van der Waals surface area contributed by atoms with Gasteiger partial charge in [0.15, 0.2) is 0 Å². The Kier molecular flexibility index (Phi) is 5.11. The van der Waals surface area contributed by atoms with Crippen molar-refractivity contribution in [2.45, 2.75) is 53.6 Å². The Hall–Kier alpha value is -3.13. The third kappa shape index (κ3) is 3.82. The van der Waals surface area contributed by atoms with Crippen molar-refractivity contribution in [2.24, 2.45) is 11.3 Å². The highest BCUT2D eigenvalue weighted by atomic mass is 16.5. The number of nitriles is 1. The minimum absolute atomic E-state index is 0.00458. The van der Waals surface area contributed by atoms with Gasteiger partial charge < -0.3 is 9.26 Å². The van der Waals surface area contributed by atoms with Gasteiger partial charge in [0.2, 0.25) is 5.82 Å². The molecule has 30 heavy (non-hydrogen) atoms. The molecule has 2 aliphatic carbocycles. The Morgan fingerprint density at radius 3 is 2.77 bits per heavy atom. The molecule has 0 N–H and O–H groups in total. The number of aromatic nitrogens is 2. The number of fused-ring (bicyclic) bond motifs is 1. The highest BCUT2D eigenvalue weighted by Crippen LogP contribution is 2.46. The van der Waals surface area contributed by atoms with Gasteiger partial charge >= 0.3 is 0 Å². The highest BCUT2D eigenvalue weighted by molar-refractivity contribution is 5.79. The normalized spacial score (nSPS) is 18.4. The summed E-state index contributed by atoms with van der Waals surface area (Å²) in [7, 11) is 0. The molecule has 0 radical (unpaired) electrons. The summed E-state index contributed by atoms with van der Waals surface area (Å²) in [6.07, 6.45) is 8.63. The van der Waals surface area contributed by atoms with Gasteiger partial charge in [0, 0.05) is 11.1 Å². The van der Waals surface area contributed by atoms with Crippen LogP contribution in [0.1, 0.15) is 58.8 Å². The molecule has 1 heterocycles. The lowest BCUT2D eigenvalue weighted by atomic mass is 9.80. The molecule has 0 bridgehead atoms. The van der Waals surface area contributed by atoms with Crippen molar-refractivity contribution in [1.29, 1.82) is 5.26 Å². The van der Waals surface area contributed by atoms with E-state index in [0.717, 1.165) is 18.4 Å². The van der Waals surface area contributed by atoms with E-state index in [2.05, 4.69) is 55.2 Å². The Labute approximate surface area is 177 Å². The van der Waals surface area contributed by atoms with Gasteiger partial charge in [-0.1, -0.05) is 44.2 Å². The molecule has 1 aromatic heterocycles. The van der Waals surface area contributed by atoms with Crippen LogP contribution in [0.2, 0.25) is 0 Å². The molecule has 0 fully saturated rings. The molecule has 0 saturated heterocycles. The Morgan fingerprint density at radius 1 is 1.27 bits per heavy atom. The van der Waals surface area contributed by atoms with E-state index in [1.54, 1.807) is 12.1 Å². The van der Waals surface area contributed by atoms with Gasteiger partial charge in [-0.05, 0) is 67.4 Å². The smallest absolute Gasteiger partial charge is 0.258 e. The van der Waals surface area contributed by atoms with Gasteiger partial charge in [-0.3, -0.25) is 0 Å². The average Bonchev–Trinajstić information content (AvgIpc) is 3.34. The number of benzene rings is 1. The first kappa shape index (κ1) is 20.2. The third-order valence-electron chi connectivity index (χ3n) is 5.65. The van der Waals surface area contributed by atoms with Crippen LogP contribution in [0, 0.1) is 22.7 Å². The molecule has 0 amide bonds. The number of allylic oxidation sites excluding steroid dienone is 6. The SMILES string of the molecule is CC(C)Oc1ccc(-c2nc(C3=C4C[C@H](C(C)(C)C)C=C4CC=C3)no2)cc1C#N. The maximum absolute atomic E-state index is 9.49. The first-order valence-electron chi connectivity index (χ1n) is 10.4.